The Morgan fingerprint density at radius 2 is 2.00 bits per heavy atom. The van der Waals surface area contributed by atoms with Gasteiger partial charge in [-0.1, -0.05) is 24.3 Å². The highest BCUT2D eigenvalue weighted by Gasteiger charge is 2.25. The third-order valence-electron chi connectivity index (χ3n) is 4.64. The zero-order chi connectivity index (χ0) is 14.4. The minimum absolute atomic E-state index is 0.125. The smallest absolute Gasteiger partial charge is 0.254 e. The van der Waals surface area contributed by atoms with E-state index in [2.05, 4.69) is 24.3 Å². The van der Waals surface area contributed by atoms with Gasteiger partial charge in [-0.05, 0) is 47.7 Å². The van der Waals surface area contributed by atoms with Crippen molar-refractivity contribution in [3.63, 3.8) is 0 Å². The van der Waals surface area contributed by atoms with Crippen LogP contribution in [0.2, 0.25) is 0 Å². The summed E-state index contributed by atoms with van der Waals surface area (Å²) in [6.45, 7) is 4.02. The second kappa shape index (κ2) is 4.85. The number of morpholine rings is 1. The number of benzene rings is 2. The zero-order valence-electron chi connectivity index (χ0n) is 12.3. The van der Waals surface area contributed by atoms with Gasteiger partial charge in [0.1, 0.15) is 0 Å². The molecule has 1 fully saturated rings. The first-order valence-electron chi connectivity index (χ1n) is 7.68. The fourth-order valence-corrected chi connectivity index (χ4v) is 3.61. The Bertz CT molecular complexity index is 712. The van der Waals surface area contributed by atoms with E-state index in [1.165, 1.54) is 16.5 Å². The zero-order valence-corrected chi connectivity index (χ0v) is 12.3. The topological polar surface area (TPSA) is 29.5 Å². The molecule has 2 aromatic carbocycles. The number of carbonyl (C=O) groups excluding carboxylic acids is 1. The molecular formula is C18H19NO2. The summed E-state index contributed by atoms with van der Waals surface area (Å²) in [7, 11) is 0. The average molecular weight is 281 g/mol. The van der Waals surface area contributed by atoms with Gasteiger partial charge in [0.25, 0.3) is 5.91 Å². The second-order valence-corrected chi connectivity index (χ2v) is 6.04. The molecule has 0 spiro atoms. The van der Waals surface area contributed by atoms with Gasteiger partial charge >= 0.3 is 0 Å². The molecule has 0 N–H and O–H groups in total. The van der Waals surface area contributed by atoms with Crippen molar-refractivity contribution in [1.29, 1.82) is 0 Å². The van der Waals surface area contributed by atoms with Crippen LogP contribution in [0.15, 0.2) is 30.3 Å². The summed E-state index contributed by atoms with van der Waals surface area (Å²) in [6.07, 6.45) is 2.32. The standard InChI is InChI=1S/C18H19NO2/c1-12-11-19(9-10-21-12)18(20)16-8-7-14-6-5-13-3-2-4-15(16)17(13)14/h2-4,7-8,12H,5-6,9-11H2,1H3/t12-/m1/s1. The Kier molecular flexibility index (Phi) is 2.96. The fourth-order valence-electron chi connectivity index (χ4n) is 3.61. The van der Waals surface area contributed by atoms with E-state index in [1.807, 2.05) is 17.9 Å². The summed E-state index contributed by atoms with van der Waals surface area (Å²) in [5, 5.41) is 2.43. The first-order valence-corrected chi connectivity index (χ1v) is 7.68. The maximum atomic E-state index is 12.9. The highest BCUT2D eigenvalue weighted by Crippen LogP contribution is 2.33. The molecule has 0 unspecified atom stereocenters. The molecule has 2 aliphatic rings. The second-order valence-electron chi connectivity index (χ2n) is 6.04. The Morgan fingerprint density at radius 1 is 1.19 bits per heavy atom. The summed E-state index contributed by atoms with van der Waals surface area (Å²) >= 11 is 0. The quantitative estimate of drug-likeness (QED) is 0.804. The molecule has 1 amide bonds. The van der Waals surface area contributed by atoms with E-state index >= 15 is 0 Å². The number of hydrogen-bond acceptors (Lipinski definition) is 2. The minimum Gasteiger partial charge on any atom is -0.375 e. The van der Waals surface area contributed by atoms with Crippen LogP contribution in [0.3, 0.4) is 0 Å². The molecule has 0 saturated carbocycles. The Hall–Kier alpha value is -1.87. The molecule has 4 rings (SSSR count). The van der Waals surface area contributed by atoms with Crippen LogP contribution in [0.4, 0.5) is 0 Å². The van der Waals surface area contributed by atoms with E-state index < -0.39 is 0 Å². The normalized spacial score (nSPS) is 21.0. The van der Waals surface area contributed by atoms with E-state index in [1.54, 1.807) is 0 Å². The lowest BCUT2D eigenvalue weighted by molar-refractivity contribution is -0.0123. The lowest BCUT2D eigenvalue weighted by Crippen LogP contribution is -2.44. The Morgan fingerprint density at radius 3 is 2.81 bits per heavy atom. The van der Waals surface area contributed by atoms with Crippen molar-refractivity contribution in [2.75, 3.05) is 19.7 Å². The molecular weight excluding hydrogens is 262 g/mol. The molecule has 1 saturated heterocycles. The highest BCUT2D eigenvalue weighted by molar-refractivity contribution is 6.09. The number of aryl methyl sites for hydroxylation is 2. The van der Waals surface area contributed by atoms with E-state index in [0.717, 1.165) is 23.8 Å². The van der Waals surface area contributed by atoms with Crippen LogP contribution in [0.25, 0.3) is 10.8 Å². The first-order chi connectivity index (χ1) is 10.2. The van der Waals surface area contributed by atoms with Crippen molar-refractivity contribution < 1.29 is 9.53 Å². The molecule has 0 aromatic heterocycles. The summed E-state index contributed by atoms with van der Waals surface area (Å²) in [5.74, 6) is 0.140. The number of ether oxygens (including phenoxy) is 1. The number of hydrogen-bond donors (Lipinski definition) is 0. The Labute approximate surface area is 124 Å². The predicted molar refractivity (Wildman–Crippen MR) is 82.7 cm³/mol. The van der Waals surface area contributed by atoms with E-state index in [9.17, 15) is 4.79 Å². The van der Waals surface area contributed by atoms with Gasteiger partial charge in [-0.25, -0.2) is 0 Å². The largest absolute Gasteiger partial charge is 0.375 e. The van der Waals surface area contributed by atoms with E-state index in [0.29, 0.717) is 19.7 Å². The molecule has 1 aliphatic heterocycles. The maximum Gasteiger partial charge on any atom is 0.254 e. The monoisotopic (exact) mass is 281 g/mol. The van der Waals surface area contributed by atoms with Crippen molar-refractivity contribution in [1.82, 2.24) is 4.90 Å². The van der Waals surface area contributed by atoms with Crippen molar-refractivity contribution in [2.45, 2.75) is 25.9 Å². The third-order valence-corrected chi connectivity index (χ3v) is 4.64. The molecule has 1 atom stereocenters. The van der Waals surface area contributed by atoms with Crippen molar-refractivity contribution >= 4 is 16.7 Å². The first kappa shape index (κ1) is 12.8. The number of carbonyl (C=O) groups is 1. The predicted octanol–water partition coefficient (Wildman–Crippen LogP) is 2.80. The van der Waals surface area contributed by atoms with Gasteiger partial charge in [0, 0.05) is 18.7 Å². The van der Waals surface area contributed by atoms with E-state index in [4.69, 9.17) is 4.74 Å². The van der Waals surface area contributed by atoms with Gasteiger partial charge in [-0.15, -0.1) is 0 Å². The molecule has 3 heteroatoms. The van der Waals surface area contributed by atoms with Gasteiger partial charge in [-0.2, -0.15) is 0 Å². The molecule has 21 heavy (non-hydrogen) atoms. The van der Waals surface area contributed by atoms with Gasteiger partial charge in [-0.3, -0.25) is 4.79 Å². The molecule has 2 aromatic rings. The summed E-state index contributed by atoms with van der Waals surface area (Å²) < 4.78 is 5.54. The fraction of sp³-hybridized carbons (Fsp3) is 0.389. The molecule has 1 heterocycles. The van der Waals surface area contributed by atoms with Crippen molar-refractivity contribution in [3.05, 3.63) is 47.0 Å². The summed E-state index contributed by atoms with van der Waals surface area (Å²) in [6, 6.07) is 10.5. The summed E-state index contributed by atoms with van der Waals surface area (Å²) in [4.78, 5) is 14.8. The van der Waals surface area contributed by atoms with Crippen LogP contribution in [-0.2, 0) is 17.6 Å². The van der Waals surface area contributed by atoms with Crippen molar-refractivity contribution in [2.24, 2.45) is 0 Å². The van der Waals surface area contributed by atoms with Crippen LogP contribution in [0, 0.1) is 0 Å². The van der Waals surface area contributed by atoms with Gasteiger partial charge in [0.05, 0.1) is 12.7 Å². The van der Waals surface area contributed by atoms with Crippen molar-refractivity contribution in [3.8, 4) is 0 Å². The Balaban J connectivity index is 1.79. The number of amides is 1. The molecule has 0 bridgehead atoms. The lowest BCUT2D eigenvalue weighted by Gasteiger charge is -2.31. The van der Waals surface area contributed by atoms with Gasteiger partial charge in [0.15, 0.2) is 0 Å². The van der Waals surface area contributed by atoms with Crippen LogP contribution >= 0.6 is 0 Å². The van der Waals surface area contributed by atoms with E-state index in [-0.39, 0.29) is 12.0 Å². The highest BCUT2D eigenvalue weighted by atomic mass is 16.5. The van der Waals surface area contributed by atoms with Gasteiger partial charge < -0.3 is 9.64 Å². The average Bonchev–Trinajstić information content (AvgIpc) is 2.92. The third kappa shape index (κ3) is 2.04. The van der Waals surface area contributed by atoms with Crippen LogP contribution in [0.5, 0.6) is 0 Å². The van der Waals surface area contributed by atoms with Crippen LogP contribution < -0.4 is 0 Å². The van der Waals surface area contributed by atoms with Crippen LogP contribution in [-0.4, -0.2) is 36.6 Å². The molecule has 0 radical (unpaired) electrons. The number of nitrogens with zero attached hydrogens (tertiary/aromatic N) is 1. The van der Waals surface area contributed by atoms with Gasteiger partial charge in [0.2, 0.25) is 0 Å². The minimum atomic E-state index is 0.125. The summed E-state index contributed by atoms with van der Waals surface area (Å²) in [5.41, 5.74) is 3.60. The molecule has 3 nitrogen and oxygen atoms in total. The van der Waals surface area contributed by atoms with Crippen LogP contribution in [0.1, 0.15) is 28.4 Å². The molecule has 108 valence electrons. The SMILES string of the molecule is C[C@@H]1CN(C(=O)c2ccc3c4c(cccc24)CC3)CCO1. The molecule has 1 aliphatic carbocycles. The maximum absolute atomic E-state index is 12.9. The number of rotatable bonds is 1. The lowest BCUT2D eigenvalue weighted by atomic mass is 9.99.